The highest BCUT2D eigenvalue weighted by atomic mass is 127. The van der Waals surface area contributed by atoms with Crippen molar-refractivity contribution in [1.82, 2.24) is 9.88 Å². The summed E-state index contributed by atoms with van der Waals surface area (Å²) < 4.78 is 14.1. The summed E-state index contributed by atoms with van der Waals surface area (Å²) in [6, 6.07) is 8.86. The SMILES string of the molecule is COc1ccc2nccc([C@H](O[Si](C)(C)C(C)(C)C)[C@H]3C[C@@H]4CCN3C[C@@H]4CCI)c2c1. The Bertz CT molecular complexity index is 945. The molecule has 176 valence electrons. The molecule has 3 aliphatic rings. The standard InChI is InChI=1S/C26H39IN2O2Si/c1-26(2,3)32(5,6)31-25(24-15-18-11-14-29(24)17-19(18)9-12-27)21-10-13-28-23-8-7-20(30-4)16-22(21)23/h7-8,10,13,16,18-19,24-25H,9,11-12,14-15,17H2,1-6H3/t18-,19-,24+,25-/m0/s1. The van der Waals surface area contributed by atoms with Gasteiger partial charge in [0.15, 0.2) is 8.32 Å². The van der Waals surface area contributed by atoms with Crippen molar-refractivity contribution in [2.24, 2.45) is 11.8 Å². The molecule has 2 bridgehead atoms. The molecule has 1 aromatic heterocycles. The third-order valence-corrected chi connectivity index (χ3v) is 13.4. The van der Waals surface area contributed by atoms with E-state index in [1.54, 1.807) is 7.11 Å². The zero-order chi connectivity index (χ0) is 23.1. The van der Waals surface area contributed by atoms with Gasteiger partial charge in [0.25, 0.3) is 0 Å². The summed E-state index contributed by atoms with van der Waals surface area (Å²) in [5.41, 5.74) is 2.30. The minimum absolute atomic E-state index is 0.0665. The lowest BCUT2D eigenvalue weighted by Crippen LogP contribution is -2.57. The summed E-state index contributed by atoms with van der Waals surface area (Å²) in [7, 11) is -0.247. The number of benzene rings is 1. The smallest absolute Gasteiger partial charge is 0.192 e. The molecular weight excluding hydrogens is 527 g/mol. The first-order valence-electron chi connectivity index (χ1n) is 12.0. The number of pyridine rings is 1. The molecule has 0 amide bonds. The number of hydrogen-bond acceptors (Lipinski definition) is 4. The molecule has 0 radical (unpaired) electrons. The fourth-order valence-corrected chi connectivity index (χ4v) is 7.40. The van der Waals surface area contributed by atoms with E-state index in [-0.39, 0.29) is 11.1 Å². The van der Waals surface area contributed by atoms with Crippen molar-refractivity contribution in [2.45, 2.75) is 70.3 Å². The van der Waals surface area contributed by atoms with Gasteiger partial charge < -0.3 is 9.16 Å². The van der Waals surface area contributed by atoms with E-state index in [0.29, 0.717) is 6.04 Å². The maximum atomic E-state index is 7.28. The van der Waals surface area contributed by atoms with Crippen LogP contribution in [0.15, 0.2) is 30.5 Å². The van der Waals surface area contributed by atoms with E-state index in [9.17, 15) is 0 Å². The summed E-state index contributed by atoms with van der Waals surface area (Å²) in [6.45, 7) is 14.2. The number of alkyl halides is 1. The lowest BCUT2D eigenvalue weighted by molar-refractivity contribution is -0.0515. The first kappa shape index (κ1) is 24.4. The number of hydrogen-bond donors (Lipinski definition) is 0. The molecule has 2 aromatic rings. The predicted octanol–water partition coefficient (Wildman–Crippen LogP) is 6.84. The van der Waals surface area contributed by atoms with Crippen molar-refractivity contribution in [1.29, 1.82) is 0 Å². The van der Waals surface area contributed by atoms with Gasteiger partial charge in [0.2, 0.25) is 0 Å². The van der Waals surface area contributed by atoms with Crippen molar-refractivity contribution in [2.75, 3.05) is 24.6 Å². The average molecular weight is 567 g/mol. The van der Waals surface area contributed by atoms with Crippen LogP contribution >= 0.6 is 22.6 Å². The summed E-state index contributed by atoms with van der Waals surface area (Å²) in [6.07, 6.45) is 5.96. The van der Waals surface area contributed by atoms with Crippen LogP contribution in [0, 0.1) is 11.8 Å². The zero-order valence-electron chi connectivity index (χ0n) is 20.5. The van der Waals surface area contributed by atoms with Gasteiger partial charge >= 0.3 is 0 Å². The number of piperidine rings is 3. The summed E-state index contributed by atoms with van der Waals surface area (Å²) >= 11 is 2.55. The number of rotatable bonds is 7. The first-order valence-corrected chi connectivity index (χ1v) is 16.5. The second kappa shape index (κ2) is 9.51. The molecule has 0 saturated carbocycles. The van der Waals surface area contributed by atoms with E-state index in [1.165, 1.54) is 47.7 Å². The Hall–Kier alpha value is -0.703. The monoisotopic (exact) mass is 566 g/mol. The Balaban J connectivity index is 1.77. The van der Waals surface area contributed by atoms with Crippen LogP contribution in [0.4, 0.5) is 0 Å². The molecule has 1 aromatic carbocycles. The molecule has 4 nitrogen and oxygen atoms in total. The highest BCUT2D eigenvalue weighted by molar-refractivity contribution is 14.1. The van der Waals surface area contributed by atoms with Crippen LogP contribution in [0.2, 0.25) is 18.1 Å². The largest absolute Gasteiger partial charge is 0.497 e. The molecule has 32 heavy (non-hydrogen) atoms. The fourth-order valence-electron chi connectivity index (χ4n) is 5.33. The van der Waals surface area contributed by atoms with E-state index < -0.39 is 8.32 Å². The molecule has 5 rings (SSSR count). The molecule has 5 atom stereocenters. The Morgan fingerprint density at radius 1 is 1.25 bits per heavy atom. The molecule has 0 N–H and O–H groups in total. The molecule has 6 heteroatoms. The zero-order valence-corrected chi connectivity index (χ0v) is 23.7. The normalized spacial score (nSPS) is 27.0. The molecule has 4 heterocycles. The molecular formula is C26H39IN2O2Si. The molecule has 3 aliphatic heterocycles. The summed E-state index contributed by atoms with van der Waals surface area (Å²) in [4.78, 5) is 7.41. The van der Waals surface area contributed by atoms with Crippen LogP contribution in [0.5, 0.6) is 5.75 Å². The van der Waals surface area contributed by atoms with Gasteiger partial charge in [0.1, 0.15) is 5.75 Å². The fraction of sp³-hybridized carbons (Fsp3) is 0.654. The lowest BCUT2D eigenvalue weighted by atomic mass is 9.72. The minimum Gasteiger partial charge on any atom is -0.497 e. The number of ether oxygens (including phenoxy) is 1. The maximum absolute atomic E-state index is 7.28. The quantitative estimate of drug-likeness (QED) is 0.209. The van der Waals surface area contributed by atoms with Gasteiger partial charge in [-0.1, -0.05) is 43.4 Å². The number of fused-ring (bicyclic) bond motifs is 4. The van der Waals surface area contributed by atoms with E-state index in [1.807, 2.05) is 12.3 Å². The van der Waals surface area contributed by atoms with Crippen LogP contribution < -0.4 is 4.74 Å². The summed E-state index contributed by atoms with van der Waals surface area (Å²) in [5.74, 6) is 2.55. The van der Waals surface area contributed by atoms with Crippen LogP contribution in [0.25, 0.3) is 10.9 Å². The van der Waals surface area contributed by atoms with Gasteiger partial charge in [-0.3, -0.25) is 9.88 Å². The molecule has 0 spiro atoms. The second-order valence-corrected chi connectivity index (χ2v) is 17.0. The number of methoxy groups -OCH3 is 1. The van der Waals surface area contributed by atoms with Gasteiger partial charge in [0.05, 0.1) is 18.7 Å². The van der Waals surface area contributed by atoms with Crippen LogP contribution in [-0.2, 0) is 4.43 Å². The topological polar surface area (TPSA) is 34.6 Å². The lowest BCUT2D eigenvalue weighted by Gasteiger charge is -2.53. The summed E-state index contributed by atoms with van der Waals surface area (Å²) in [5, 5.41) is 1.33. The number of aromatic nitrogens is 1. The van der Waals surface area contributed by atoms with Crippen molar-refractivity contribution in [3.63, 3.8) is 0 Å². The van der Waals surface area contributed by atoms with Crippen LogP contribution in [-0.4, -0.2) is 48.9 Å². The average Bonchev–Trinajstić information content (AvgIpc) is 2.77. The Labute approximate surface area is 208 Å². The Morgan fingerprint density at radius 3 is 2.66 bits per heavy atom. The minimum atomic E-state index is -1.98. The predicted molar refractivity (Wildman–Crippen MR) is 144 cm³/mol. The molecule has 0 aliphatic carbocycles. The van der Waals surface area contributed by atoms with Gasteiger partial charge in [-0.15, -0.1) is 0 Å². The van der Waals surface area contributed by atoms with E-state index in [0.717, 1.165) is 23.1 Å². The Morgan fingerprint density at radius 2 is 2.03 bits per heavy atom. The van der Waals surface area contributed by atoms with E-state index in [4.69, 9.17) is 9.16 Å². The highest BCUT2D eigenvalue weighted by Crippen LogP contribution is 2.47. The van der Waals surface area contributed by atoms with Crippen molar-refractivity contribution >= 4 is 41.8 Å². The van der Waals surface area contributed by atoms with Gasteiger partial charge in [0, 0.05) is 24.2 Å². The number of halogens is 1. The second-order valence-electron chi connectivity index (χ2n) is 11.2. The van der Waals surface area contributed by atoms with Gasteiger partial charge in [-0.2, -0.15) is 0 Å². The van der Waals surface area contributed by atoms with E-state index in [2.05, 4.69) is 84.5 Å². The maximum Gasteiger partial charge on any atom is 0.192 e. The van der Waals surface area contributed by atoms with Gasteiger partial charge in [-0.05, 0) is 90.0 Å². The number of nitrogens with zero attached hydrogens (tertiary/aromatic N) is 2. The van der Waals surface area contributed by atoms with Crippen molar-refractivity contribution in [3.8, 4) is 5.75 Å². The van der Waals surface area contributed by atoms with Crippen molar-refractivity contribution < 1.29 is 9.16 Å². The Kier molecular flexibility index (Phi) is 7.26. The van der Waals surface area contributed by atoms with Gasteiger partial charge in [-0.25, -0.2) is 0 Å². The third-order valence-electron chi connectivity index (χ3n) is 8.28. The third kappa shape index (κ3) is 4.75. The van der Waals surface area contributed by atoms with Crippen LogP contribution in [0.1, 0.15) is 51.7 Å². The molecule has 1 unspecified atom stereocenters. The highest BCUT2D eigenvalue weighted by Gasteiger charge is 2.47. The molecule has 3 saturated heterocycles. The van der Waals surface area contributed by atoms with Crippen molar-refractivity contribution in [3.05, 3.63) is 36.0 Å². The molecule has 3 fully saturated rings. The van der Waals surface area contributed by atoms with Crippen LogP contribution in [0.3, 0.4) is 0 Å². The van der Waals surface area contributed by atoms with E-state index >= 15 is 0 Å². The first-order chi connectivity index (χ1) is 15.1.